The van der Waals surface area contributed by atoms with E-state index in [-0.39, 0.29) is 0 Å². The van der Waals surface area contributed by atoms with Gasteiger partial charge < -0.3 is 20.4 Å². The van der Waals surface area contributed by atoms with Gasteiger partial charge in [-0.2, -0.15) is 0 Å². The van der Waals surface area contributed by atoms with E-state index in [1.165, 1.54) is 11.1 Å². The fourth-order valence-electron chi connectivity index (χ4n) is 4.21. The van der Waals surface area contributed by atoms with Crippen LogP contribution in [0.4, 0.5) is 4.79 Å². The van der Waals surface area contributed by atoms with E-state index < -0.39 is 6.09 Å². The van der Waals surface area contributed by atoms with Crippen LogP contribution in [0.15, 0.2) is 60.7 Å². The zero-order valence-electron chi connectivity index (χ0n) is 17.4. The summed E-state index contributed by atoms with van der Waals surface area (Å²) in [6, 6.07) is 19.3. The van der Waals surface area contributed by atoms with E-state index in [2.05, 4.69) is 58.1 Å². The Balaban J connectivity index is 1.34. The molecule has 1 unspecified atom stereocenters. The van der Waals surface area contributed by atoms with Gasteiger partial charge in [0.15, 0.2) is 0 Å². The summed E-state index contributed by atoms with van der Waals surface area (Å²) in [5, 5.41) is 7.27. The van der Waals surface area contributed by atoms with Gasteiger partial charge >= 0.3 is 6.09 Å². The monoisotopic (exact) mass is 403 g/mol. The molecule has 0 spiro atoms. The van der Waals surface area contributed by atoms with Crippen molar-refractivity contribution >= 4 is 22.6 Å². The Kier molecular flexibility index (Phi) is 6.50. The number of ether oxygens (including phenoxy) is 1. The van der Waals surface area contributed by atoms with Gasteiger partial charge in [-0.15, -0.1) is 0 Å². The molecule has 1 aliphatic rings. The second kappa shape index (κ2) is 9.63. The summed E-state index contributed by atoms with van der Waals surface area (Å²) < 4.78 is 5.46. The number of benzene rings is 2. The van der Waals surface area contributed by atoms with E-state index >= 15 is 0 Å². The van der Waals surface area contributed by atoms with Crippen LogP contribution in [0.25, 0.3) is 16.5 Å². The summed E-state index contributed by atoms with van der Waals surface area (Å²) in [5.41, 5.74) is 4.85. The molecule has 2 aromatic carbocycles. The van der Waals surface area contributed by atoms with Crippen LogP contribution >= 0.6 is 0 Å². The van der Waals surface area contributed by atoms with Crippen LogP contribution in [-0.4, -0.2) is 30.7 Å². The quantitative estimate of drug-likeness (QED) is 0.484. The lowest BCUT2D eigenvalue weighted by Crippen LogP contribution is -2.32. The van der Waals surface area contributed by atoms with Crippen LogP contribution in [0.1, 0.15) is 36.8 Å². The summed E-state index contributed by atoms with van der Waals surface area (Å²) in [6.07, 6.45) is 7.12. The minimum atomic E-state index is -0.450. The van der Waals surface area contributed by atoms with Gasteiger partial charge in [-0.05, 0) is 42.9 Å². The van der Waals surface area contributed by atoms with E-state index in [1.807, 2.05) is 18.2 Å². The molecule has 0 saturated carbocycles. The molecule has 156 valence electrons. The lowest BCUT2D eigenvalue weighted by molar-refractivity contribution is 0.201. The predicted octanol–water partition coefficient (Wildman–Crippen LogP) is 5.04. The van der Waals surface area contributed by atoms with Gasteiger partial charge in [-0.3, -0.25) is 0 Å². The standard InChI is InChI=1S/C25H29N3O2/c1-26-25(29)30-24-22(21-12-7-8-14-23(21)28-24)13-6-5-11-20-17-19(15-16-27-20)18-9-3-2-4-10-18/h2-4,7-10,12,14-15,20,27-28H,5-6,11,13,16-17H2,1H3,(H,26,29). The first kappa shape index (κ1) is 20.2. The smallest absolute Gasteiger partial charge is 0.393 e. The van der Waals surface area contributed by atoms with E-state index in [0.717, 1.165) is 55.1 Å². The maximum absolute atomic E-state index is 11.7. The number of hydrogen-bond donors (Lipinski definition) is 3. The van der Waals surface area contributed by atoms with Crippen LogP contribution in [0, 0.1) is 0 Å². The minimum absolute atomic E-state index is 0.450. The van der Waals surface area contributed by atoms with Gasteiger partial charge in [0.1, 0.15) is 0 Å². The number of carbonyl (C=O) groups excluding carboxylic acids is 1. The van der Waals surface area contributed by atoms with Crippen molar-refractivity contribution < 1.29 is 9.53 Å². The molecule has 3 aromatic rings. The first-order valence-corrected chi connectivity index (χ1v) is 10.7. The van der Waals surface area contributed by atoms with Gasteiger partial charge in [0, 0.05) is 36.1 Å². The number of aromatic amines is 1. The first-order valence-electron chi connectivity index (χ1n) is 10.7. The van der Waals surface area contributed by atoms with E-state index in [9.17, 15) is 4.79 Å². The molecule has 1 atom stereocenters. The van der Waals surface area contributed by atoms with Crippen molar-refractivity contribution in [1.29, 1.82) is 0 Å². The SMILES string of the molecule is CNC(=O)Oc1[nH]c2ccccc2c1CCCCC1CC(c2ccccc2)=CCN1. The number of H-pyrrole nitrogens is 1. The van der Waals surface area contributed by atoms with E-state index in [4.69, 9.17) is 4.74 Å². The van der Waals surface area contributed by atoms with Crippen molar-refractivity contribution in [2.24, 2.45) is 0 Å². The highest BCUT2D eigenvalue weighted by atomic mass is 16.6. The maximum Gasteiger partial charge on any atom is 0.413 e. The predicted molar refractivity (Wildman–Crippen MR) is 122 cm³/mol. The number of aromatic nitrogens is 1. The maximum atomic E-state index is 11.7. The largest absolute Gasteiger partial charge is 0.413 e. The number of carbonyl (C=O) groups is 1. The fourth-order valence-corrected chi connectivity index (χ4v) is 4.21. The van der Waals surface area contributed by atoms with Crippen molar-refractivity contribution in [3.05, 3.63) is 71.8 Å². The highest BCUT2D eigenvalue weighted by molar-refractivity contribution is 5.87. The molecule has 0 aliphatic carbocycles. The van der Waals surface area contributed by atoms with Gasteiger partial charge in [-0.25, -0.2) is 4.79 Å². The number of hydrogen-bond acceptors (Lipinski definition) is 3. The van der Waals surface area contributed by atoms with Crippen molar-refractivity contribution in [3.63, 3.8) is 0 Å². The molecule has 0 radical (unpaired) electrons. The average Bonchev–Trinajstić information content (AvgIpc) is 3.14. The van der Waals surface area contributed by atoms with Crippen LogP contribution in [0.5, 0.6) is 5.88 Å². The van der Waals surface area contributed by atoms with Gasteiger partial charge in [-0.1, -0.05) is 61.0 Å². The molecule has 3 N–H and O–H groups in total. The van der Waals surface area contributed by atoms with Crippen LogP contribution < -0.4 is 15.4 Å². The van der Waals surface area contributed by atoms with E-state index in [1.54, 1.807) is 7.05 Å². The van der Waals surface area contributed by atoms with Crippen LogP contribution in [0.2, 0.25) is 0 Å². The van der Waals surface area contributed by atoms with Gasteiger partial charge in [0.25, 0.3) is 0 Å². The number of amides is 1. The second-order valence-electron chi connectivity index (χ2n) is 7.77. The van der Waals surface area contributed by atoms with E-state index in [0.29, 0.717) is 11.9 Å². The number of unbranched alkanes of at least 4 members (excludes halogenated alkanes) is 1. The molecule has 4 rings (SSSR count). The van der Waals surface area contributed by atoms with Crippen molar-refractivity contribution in [1.82, 2.24) is 15.6 Å². The lowest BCUT2D eigenvalue weighted by Gasteiger charge is -2.24. The molecule has 0 fully saturated rings. The number of aryl methyl sites for hydroxylation is 1. The summed E-state index contributed by atoms with van der Waals surface area (Å²) >= 11 is 0. The molecule has 2 heterocycles. The third-order valence-electron chi connectivity index (χ3n) is 5.77. The second-order valence-corrected chi connectivity index (χ2v) is 7.77. The van der Waals surface area contributed by atoms with Crippen molar-refractivity contribution in [3.8, 4) is 5.88 Å². The topological polar surface area (TPSA) is 66.1 Å². The molecule has 0 bridgehead atoms. The number of fused-ring (bicyclic) bond motifs is 1. The number of nitrogens with one attached hydrogen (secondary N) is 3. The molecule has 30 heavy (non-hydrogen) atoms. The molecular weight excluding hydrogens is 374 g/mol. The van der Waals surface area contributed by atoms with Crippen LogP contribution in [0.3, 0.4) is 0 Å². The Morgan fingerprint density at radius 1 is 1.10 bits per heavy atom. The highest BCUT2D eigenvalue weighted by Gasteiger charge is 2.17. The summed E-state index contributed by atoms with van der Waals surface area (Å²) in [7, 11) is 1.57. The Morgan fingerprint density at radius 3 is 2.73 bits per heavy atom. The summed E-state index contributed by atoms with van der Waals surface area (Å²) in [5.74, 6) is 0.556. The Labute approximate surface area is 177 Å². The fraction of sp³-hybridized carbons (Fsp3) is 0.320. The highest BCUT2D eigenvalue weighted by Crippen LogP contribution is 2.30. The number of rotatable bonds is 7. The zero-order valence-corrected chi connectivity index (χ0v) is 17.4. The molecule has 5 nitrogen and oxygen atoms in total. The third kappa shape index (κ3) is 4.74. The van der Waals surface area contributed by atoms with Crippen molar-refractivity contribution in [2.75, 3.05) is 13.6 Å². The average molecular weight is 404 g/mol. The third-order valence-corrected chi connectivity index (χ3v) is 5.77. The molecule has 1 aromatic heterocycles. The molecule has 1 aliphatic heterocycles. The summed E-state index contributed by atoms with van der Waals surface area (Å²) in [4.78, 5) is 15.0. The lowest BCUT2D eigenvalue weighted by atomic mass is 9.92. The minimum Gasteiger partial charge on any atom is -0.393 e. The molecule has 0 saturated heterocycles. The Bertz CT molecular complexity index is 1020. The van der Waals surface area contributed by atoms with Gasteiger partial charge in [0.2, 0.25) is 5.88 Å². The normalized spacial score (nSPS) is 16.3. The van der Waals surface area contributed by atoms with Gasteiger partial charge in [0.05, 0.1) is 0 Å². The van der Waals surface area contributed by atoms with Crippen molar-refractivity contribution in [2.45, 2.75) is 38.1 Å². The van der Waals surface area contributed by atoms with Crippen LogP contribution in [-0.2, 0) is 6.42 Å². The zero-order chi connectivity index (χ0) is 20.8. The number of para-hydroxylation sites is 1. The Morgan fingerprint density at radius 2 is 1.90 bits per heavy atom. The molecule has 5 heteroatoms. The molecule has 1 amide bonds. The molecular formula is C25H29N3O2. The summed E-state index contributed by atoms with van der Waals surface area (Å²) in [6.45, 7) is 0.932. The first-order chi connectivity index (χ1) is 14.7. The Hall–Kier alpha value is -3.05.